The van der Waals surface area contributed by atoms with Crippen molar-refractivity contribution in [2.24, 2.45) is 5.73 Å². The Morgan fingerprint density at radius 2 is 2.00 bits per heavy atom. The Morgan fingerprint density at radius 3 is 2.56 bits per heavy atom. The first-order valence-corrected chi connectivity index (χ1v) is 8.94. The number of rotatable bonds is 5. The van der Waals surface area contributed by atoms with Crippen molar-refractivity contribution in [3.05, 3.63) is 33.8 Å². The van der Waals surface area contributed by atoms with Crippen molar-refractivity contribution in [1.82, 2.24) is 4.90 Å². The molecule has 2 rings (SSSR count). The van der Waals surface area contributed by atoms with Crippen molar-refractivity contribution >= 4 is 33.7 Å². The first kappa shape index (κ1) is 19.4. The monoisotopic (exact) mass is 410 g/mol. The number of nitrogens with two attached hydrogens (primary N) is 1. The van der Waals surface area contributed by atoms with E-state index in [4.69, 9.17) is 10.5 Å². The summed E-state index contributed by atoms with van der Waals surface area (Å²) in [5.74, 6) is -1.29. The molecule has 136 valence electrons. The van der Waals surface area contributed by atoms with E-state index in [1.54, 1.807) is 32.9 Å². The lowest BCUT2D eigenvalue weighted by atomic mass is 10.0. The second-order valence-electron chi connectivity index (χ2n) is 7.17. The molecule has 1 aromatic carbocycles. The van der Waals surface area contributed by atoms with Crippen molar-refractivity contribution in [1.29, 1.82) is 0 Å². The van der Waals surface area contributed by atoms with Crippen molar-refractivity contribution in [3.63, 3.8) is 0 Å². The molecule has 7 heteroatoms. The first-order valence-electron chi connectivity index (χ1n) is 8.14. The molecule has 0 saturated carbocycles. The summed E-state index contributed by atoms with van der Waals surface area (Å²) in [6.45, 7) is 7.14. The standard InChI is InChI=1S/C18H23BrN2O4/c1-10-13-9-11(19)5-6-12(13)16(23)21(10)14(7-8-15(20)22)17(24)25-18(2,3)4/h5-6,9-10,14H,7-8H2,1-4H3,(H2,20,22)/t10-,14+/m1/s1. The summed E-state index contributed by atoms with van der Waals surface area (Å²) >= 11 is 3.41. The van der Waals surface area contributed by atoms with Crippen molar-refractivity contribution in [2.45, 2.75) is 58.2 Å². The highest BCUT2D eigenvalue weighted by Crippen LogP contribution is 2.37. The van der Waals surface area contributed by atoms with Crippen LogP contribution in [0.1, 0.15) is 62.5 Å². The SMILES string of the molecule is C[C@@H]1c2cc(Br)ccc2C(=O)N1[C@@H](CCC(N)=O)C(=O)OC(C)(C)C. The number of fused-ring (bicyclic) bond motifs is 1. The number of amides is 2. The molecule has 2 amide bonds. The normalized spacial score (nSPS) is 18.0. The number of carbonyl (C=O) groups excluding carboxylic acids is 3. The number of esters is 1. The van der Waals surface area contributed by atoms with Gasteiger partial charge in [0.15, 0.2) is 0 Å². The van der Waals surface area contributed by atoms with Gasteiger partial charge in [0.05, 0.1) is 6.04 Å². The molecule has 0 radical (unpaired) electrons. The Labute approximate surface area is 155 Å². The number of hydrogen-bond donors (Lipinski definition) is 1. The van der Waals surface area contributed by atoms with Gasteiger partial charge in [0.2, 0.25) is 5.91 Å². The fraction of sp³-hybridized carbons (Fsp3) is 0.500. The number of nitrogens with zero attached hydrogens (tertiary/aromatic N) is 1. The quantitative estimate of drug-likeness (QED) is 0.755. The number of hydrogen-bond acceptors (Lipinski definition) is 4. The average Bonchev–Trinajstić information content (AvgIpc) is 2.70. The Bertz CT molecular complexity index is 712. The molecule has 1 aromatic rings. The van der Waals surface area contributed by atoms with Gasteiger partial charge in [0, 0.05) is 16.5 Å². The molecule has 2 atom stereocenters. The number of halogens is 1. The van der Waals surface area contributed by atoms with E-state index >= 15 is 0 Å². The molecule has 1 aliphatic heterocycles. The van der Waals surface area contributed by atoms with Gasteiger partial charge in [0.1, 0.15) is 11.6 Å². The molecule has 6 nitrogen and oxygen atoms in total. The molecule has 0 saturated heterocycles. The zero-order valence-corrected chi connectivity index (χ0v) is 16.4. The van der Waals surface area contributed by atoms with Crippen LogP contribution in [0.5, 0.6) is 0 Å². The molecule has 0 aromatic heterocycles. The van der Waals surface area contributed by atoms with Crippen LogP contribution in [0.15, 0.2) is 22.7 Å². The van der Waals surface area contributed by atoms with E-state index in [1.165, 1.54) is 4.90 Å². The molecule has 0 unspecified atom stereocenters. The van der Waals surface area contributed by atoms with Gasteiger partial charge in [-0.05, 0) is 57.9 Å². The highest BCUT2D eigenvalue weighted by Gasteiger charge is 2.42. The lowest BCUT2D eigenvalue weighted by molar-refractivity contribution is -0.161. The predicted octanol–water partition coefficient (Wildman–Crippen LogP) is 2.94. The van der Waals surface area contributed by atoms with Gasteiger partial charge in [0.25, 0.3) is 5.91 Å². The fourth-order valence-electron chi connectivity index (χ4n) is 2.97. The largest absolute Gasteiger partial charge is 0.458 e. The van der Waals surface area contributed by atoms with Gasteiger partial charge in [-0.2, -0.15) is 0 Å². The molecule has 1 heterocycles. The molecule has 0 bridgehead atoms. The Balaban J connectivity index is 2.35. The summed E-state index contributed by atoms with van der Waals surface area (Å²) in [5.41, 5.74) is 5.95. The van der Waals surface area contributed by atoms with E-state index in [0.717, 1.165) is 10.0 Å². The maximum atomic E-state index is 12.9. The second kappa shape index (κ2) is 7.15. The van der Waals surface area contributed by atoms with Crippen LogP contribution in [0.25, 0.3) is 0 Å². The van der Waals surface area contributed by atoms with Crippen molar-refractivity contribution in [3.8, 4) is 0 Å². The van der Waals surface area contributed by atoms with Crippen LogP contribution in [-0.4, -0.2) is 34.3 Å². The van der Waals surface area contributed by atoms with E-state index < -0.39 is 23.5 Å². The molecule has 0 aliphatic carbocycles. The minimum Gasteiger partial charge on any atom is -0.458 e. The highest BCUT2D eigenvalue weighted by atomic mass is 79.9. The zero-order valence-electron chi connectivity index (χ0n) is 14.8. The Kier molecular flexibility index (Phi) is 5.56. The molecular weight excluding hydrogens is 388 g/mol. The van der Waals surface area contributed by atoms with E-state index in [-0.39, 0.29) is 24.8 Å². The van der Waals surface area contributed by atoms with Gasteiger partial charge in [-0.25, -0.2) is 4.79 Å². The number of primary amides is 1. The summed E-state index contributed by atoms with van der Waals surface area (Å²) < 4.78 is 6.33. The molecule has 0 spiro atoms. The van der Waals surface area contributed by atoms with Gasteiger partial charge in [-0.15, -0.1) is 0 Å². The topological polar surface area (TPSA) is 89.7 Å². The fourth-order valence-corrected chi connectivity index (χ4v) is 3.35. The third-order valence-corrected chi connectivity index (χ3v) is 4.52. The lowest BCUT2D eigenvalue weighted by Gasteiger charge is -2.32. The van der Waals surface area contributed by atoms with Crippen LogP contribution < -0.4 is 5.73 Å². The maximum absolute atomic E-state index is 12.9. The van der Waals surface area contributed by atoms with E-state index in [0.29, 0.717) is 5.56 Å². The summed E-state index contributed by atoms with van der Waals surface area (Å²) in [7, 11) is 0. The third kappa shape index (κ3) is 4.39. The summed E-state index contributed by atoms with van der Waals surface area (Å²) in [5, 5.41) is 0. The summed E-state index contributed by atoms with van der Waals surface area (Å²) in [4.78, 5) is 38.3. The molecule has 2 N–H and O–H groups in total. The van der Waals surface area contributed by atoms with E-state index in [2.05, 4.69) is 15.9 Å². The first-order chi connectivity index (χ1) is 11.5. The number of benzene rings is 1. The highest BCUT2D eigenvalue weighted by molar-refractivity contribution is 9.10. The van der Waals surface area contributed by atoms with Crippen LogP contribution in [0, 0.1) is 0 Å². The number of carbonyl (C=O) groups is 3. The van der Waals surface area contributed by atoms with Crippen LogP contribution in [-0.2, 0) is 14.3 Å². The minimum atomic E-state index is -0.861. The molecule has 25 heavy (non-hydrogen) atoms. The average molecular weight is 411 g/mol. The molecular formula is C18H23BrN2O4. The van der Waals surface area contributed by atoms with E-state index in [1.807, 2.05) is 13.0 Å². The predicted molar refractivity (Wildman–Crippen MR) is 96.8 cm³/mol. The van der Waals surface area contributed by atoms with Crippen LogP contribution >= 0.6 is 15.9 Å². The Morgan fingerprint density at radius 1 is 1.36 bits per heavy atom. The molecule has 0 fully saturated rings. The zero-order chi connectivity index (χ0) is 18.9. The minimum absolute atomic E-state index is 0.000446. The van der Waals surface area contributed by atoms with Crippen LogP contribution in [0.2, 0.25) is 0 Å². The third-order valence-electron chi connectivity index (χ3n) is 4.02. The number of ether oxygens (including phenoxy) is 1. The molecule has 1 aliphatic rings. The summed E-state index contributed by atoms with van der Waals surface area (Å²) in [6, 6.07) is 4.24. The Hall–Kier alpha value is -1.89. The summed E-state index contributed by atoms with van der Waals surface area (Å²) in [6.07, 6.45) is 0.135. The second-order valence-corrected chi connectivity index (χ2v) is 8.09. The smallest absolute Gasteiger partial charge is 0.329 e. The lowest BCUT2D eigenvalue weighted by Crippen LogP contribution is -2.46. The van der Waals surface area contributed by atoms with Gasteiger partial charge in [-0.1, -0.05) is 15.9 Å². The van der Waals surface area contributed by atoms with E-state index in [9.17, 15) is 14.4 Å². The van der Waals surface area contributed by atoms with Gasteiger partial charge < -0.3 is 15.4 Å². The van der Waals surface area contributed by atoms with Crippen molar-refractivity contribution in [2.75, 3.05) is 0 Å². The van der Waals surface area contributed by atoms with Crippen molar-refractivity contribution < 1.29 is 19.1 Å². The van der Waals surface area contributed by atoms with Gasteiger partial charge >= 0.3 is 5.97 Å². The van der Waals surface area contributed by atoms with Gasteiger partial charge in [-0.3, -0.25) is 9.59 Å². The van der Waals surface area contributed by atoms with Crippen LogP contribution in [0.3, 0.4) is 0 Å². The van der Waals surface area contributed by atoms with Crippen LogP contribution in [0.4, 0.5) is 0 Å². The maximum Gasteiger partial charge on any atom is 0.329 e.